The molecular weight excluding hydrogens is 635 g/mol. The van der Waals surface area contributed by atoms with Gasteiger partial charge in [-0.2, -0.15) is 0 Å². The molecule has 0 amide bonds. The molecule has 0 aliphatic rings. The molecule has 0 saturated heterocycles. The standard InChI is InChI=1S/C47H29N5/c1-3-13-30(14-4-1)33-25-28-41-37(29-33)35-17-7-10-20-39(35)51(41)34-26-23-32(24-27-34)46-49-44(31-15-5-2-6-16-31)43-45(50-46)36-18-8-11-21-40(36)52-42-22-12-9-19-38(42)48-47(43)52/h1-29H. The zero-order chi connectivity index (χ0) is 34.2. The molecule has 0 atom stereocenters. The van der Waals surface area contributed by atoms with Crippen LogP contribution in [0.5, 0.6) is 0 Å². The number of benzene rings is 7. The normalized spacial score (nSPS) is 11.8. The summed E-state index contributed by atoms with van der Waals surface area (Å²) < 4.78 is 4.61. The zero-order valence-electron chi connectivity index (χ0n) is 28.0. The highest BCUT2D eigenvalue weighted by Crippen LogP contribution is 2.39. The monoisotopic (exact) mass is 663 g/mol. The Hall–Kier alpha value is -7.11. The van der Waals surface area contributed by atoms with Crippen molar-refractivity contribution < 1.29 is 0 Å². The van der Waals surface area contributed by atoms with Crippen LogP contribution >= 0.6 is 0 Å². The first kappa shape index (κ1) is 28.7. The van der Waals surface area contributed by atoms with Crippen LogP contribution < -0.4 is 0 Å². The Kier molecular flexibility index (Phi) is 6.18. The lowest BCUT2D eigenvalue weighted by Crippen LogP contribution is -2.00. The van der Waals surface area contributed by atoms with Crippen LogP contribution in [-0.4, -0.2) is 23.9 Å². The van der Waals surface area contributed by atoms with Crippen molar-refractivity contribution in [2.24, 2.45) is 0 Å². The SMILES string of the molecule is c1ccc(-c2ccc3c(c2)c2ccccc2n3-c2ccc(-c3nc(-c4ccccc4)c4c(n3)c3ccccc3n3c5ccccc5nc43)cc2)cc1. The van der Waals surface area contributed by atoms with E-state index in [1.54, 1.807) is 0 Å². The van der Waals surface area contributed by atoms with Crippen molar-refractivity contribution in [1.82, 2.24) is 23.9 Å². The minimum atomic E-state index is 0.679. The number of rotatable bonds is 4. The molecule has 242 valence electrons. The van der Waals surface area contributed by atoms with Crippen LogP contribution in [0.15, 0.2) is 176 Å². The highest BCUT2D eigenvalue weighted by Gasteiger charge is 2.21. The lowest BCUT2D eigenvalue weighted by molar-refractivity contribution is 1.17. The fourth-order valence-corrected chi connectivity index (χ4v) is 7.93. The molecule has 7 aromatic carbocycles. The van der Waals surface area contributed by atoms with E-state index in [9.17, 15) is 0 Å². The maximum atomic E-state index is 5.34. The topological polar surface area (TPSA) is 48.0 Å². The summed E-state index contributed by atoms with van der Waals surface area (Å²) in [6, 6.07) is 61.9. The van der Waals surface area contributed by atoms with Gasteiger partial charge in [0.15, 0.2) is 5.82 Å². The number of imidazole rings is 1. The fourth-order valence-electron chi connectivity index (χ4n) is 7.93. The molecule has 0 aliphatic carbocycles. The minimum absolute atomic E-state index is 0.679. The molecular formula is C47H29N5. The summed E-state index contributed by atoms with van der Waals surface area (Å²) >= 11 is 0. The largest absolute Gasteiger partial charge is 0.309 e. The van der Waals surface area contributed by atoms with E-state index in [0.29, 0.717) is 5.82 Å². The number of nitrogens with zero attached hydrogens (tertiary/aromatic N) is 5. The summed E-state index contributed by atoms with van der Waals surface area (Å²) in [5, 5.41) is 4.47. The molecule has 0 saturated carbocycles. The number of hydrogen-bond donors (Lipinski definition) is 0. The van der Waals surface area contributed by atoms with E-state index in [2.05, 4.69) is 173 Å². The summed E-state index contributed by atoms with van der Waals surface area (Å²) in [6.45, 7) is 0. The van der Waals surface area contributed by atoms with Gasteiger partial charge < -0.3 is 4.57 Å². The molecule has 4 heterocycles. The highest BCUT2D eigenvalue weighted by atomic mass is 15.0. The van der Waals surface area contributed by atoms with Crippen molar-refractivity contribution in [2.75, 3.05) is 0 Å². The molecule has 0 spiro atoms. The lowest BCUT2D eigenvalue weighted by Gasteiger charge is -2.14. The average molecular weight is 664 g/mol. The van der Waals surface area contributed by atoms with Gasteiger partial charge in [-0.05, 0) is 71.8 Å². The van der Waals surface area contributed by atoms with Crippen molar-refractivity contribution in [1.29, 1.82) is 0 Å². The van der Waals surface area contributed by atoms with Gasteiger partial charge in [0.1, 0.15) is 5.65 Å². The van der Waals surface area contributed by atoms with Crippen molar-refractivity contribution in [2.45, 2.75) is 0 Å². The first-order valence-electron chi connectivity index (χ1n) is 17.5. The molecule has 11 aromatic rings. The van der Waals surface area contributed by atoms with Crippen molar-refractivity contribution in [3.8, 4) is 39.5 Å². The summed E-state index contributed by atoms with van der Waals surface area (Å²) in [4.78, 5) is 15.8. The second kappa shape index (κ2) is 11.2. The van der Waals surface area contributed by atoms with E-state index < -0.39 is 0 Å². The zero-order valence-corrected chi connectivity index (χ0v) is 28.0. The number of para-hydroxylation sites is 4. The first-order chi connectivity index (χ1) is 25.8. The molecule has 5 heteroatoms. The summed E-state index contributed by atoms with van der Waals surface area (Å²) in [6.07, 6.45) is 0. The molecule has 11 rings (SSSR count). The third kappa shape index (κ3) is 4.26. The Balaban J connectivity index is 1.12. The summed E-state index contributed by atoms with van der Waals surface area (Å²) in [5.74, 6) is 0.679. The van der Waals surface area contributed by atoms with Gasteiger partial charge >= 0.3 is 0 Å². The van der Waals surface area contributed by atoms with Crippen LogP contribution in [0.3, 0.4) is 0 Å². The van der Waals surface area contributed by atoms with Gasteiger partial charge in [0, 0.05) is 33.0 Å². The molecule has 0 radical (unpaired) electrons. The Morgan fingerprint density at radius 1 is 0.385 bits per heavy atom. The van der Waals surface area contributed by atoms with Crippen LogP contribution in [0.4, 0.5) is 0 Å². The van der Waals surface area contributed by atoms with E-state index in [1.165, 1.54) is 32.9 Å². The van der Waals surface area contributed by atoms with E-state index in [1.807, 2.05) is 12.1 Å². The fraction of sp³-hybridized carbons (Fsp3) is 0. The van der Waals surface area contributed by atoms with Gasteiger partial charge in [0.25, 0.3) is 0 Å². The third-order valence-corrected chi connectivity index (χ3v) is 10.3. The number of hydrogen-bond acceptors (Lipinski definition) is 3. The molecule has 0 aliphatic heterocycles. The highest BCUT2D eigenvalue weighted by molar-refractivity contribution is 6.16. The van der Waals surface area contributed by atoms with E-state index in [4.69, 9.17) is 15.0 Å². The van der Waals surface area contributed by atoms with E-state index in [0.717, 1.165) is 61.0 Å². The molecule has 0 bridgehead atoms. The molecule has 0 unspecified atom stereocenters. The maximum Gasteiger partial charge on any atom is 0.160 e. The second-order valence-corrected chi connectivity index (χ2v) is 13.3. The number of pyridine rings is 1. The quantitative estimate of drug-likeness (QED) is 0.176. The lowest BCUT2D eigenvalue weighted by atomic mass is 10.0. The number of fused-ring (bicyclic) bond motifs is 11. The van der Waals surface area contributed by atoms with Gasteiger partial charge in [0.05, 0.1) is 44.2 Å². The van der Waals surface area contributed by atoms with E-state index in [-0.39, 0.29) is 0 Å². The van der Waals surface area contributed by atoms with Crippen LogP contribution in [0.2, 0.25) is 0 Å². The van der Waals surface area contributed by atoms with Crippen LogP contribution in [-0.2, 0) is 0 Å². The Morgan fingerprint density at radius 3 is 1.79 bits per heavy atom. The third-order valence-electron chi connectivity index (χ3n) is 10.3. The van der Waals surface area contributed by atoms with Gasteiger partial charge in [-0.15, -0.1) is 0 Å². The Bertz CT molecular complexity index is 3160. The van der Waals surface area contributed by atoms with Gasteiger partial charge in [-0.1, -0.05) is 115 Å². The predicted octanol–water partition coefficient (Wildman–Crippen LogP) is 11.7. The Labute approximate surface area is 298 Å². The molecule has 52 heavy (non-hydrogen) atoms. The summed E-state index contributed by atoms with van der Waals surface area (Å²) in [5.41, 5.74) is 13.5. The van der Waals surface area contributed by atoms with Gasteiger partial charge in [0.2, 0.25) is 0 Å². The van der Waals surface area contributed by atoms with Gasteiger partial charge in [-0.3, -0.25) is 4.40 Å². The molecule has 4 aromatic heterocycles. The summed E-state index contributed by atoms with van der Waals surface area (Å²) in [7, 11) is 0. The predicted molar refractivity (Wildman–Crippen MR) is 214 cm³/mol. The maximum absolute atomic E-state index is 5.34. The minimum Gasteiger partial charge on any atom is -0.309 e. The smallest absolute Gasteiger partial charge is 0.160 e. The van der Waals surface area contributed by atoms with Gasteiger partial charge in [-0.25, -0.2) is 15.0 Å². The van der Waals surface area contributed by atoms with Crippen LogP contribution in [0.1, 0.15) is 0 Å². The molecule has 0 N–H and O–H groups in total. The second-order valence-electron chi connectivity index (χ2n) is 13.3. The van der Waals surface area contributed by atoms with Crippen molar-refractivity contribution >= 4 is 60.3 Å². The Morgan fingerprint density at radius 2 is 1.00 bits per heavy atom. The molecule has 0 fully saturated rings. The average Bonchev–Trinajstić information content (AvgIpc) is 3.77. The van der Waals surface area contributed by atoms with Crippen molar-refractivity contribution in [3.63, 3.8) is 0 Å². The van der Waals surface area contributed by atoms with Crippen LogP contribution in [0.25, 0.3) is 99.8 Å². The number of aromatic nitrogens is 5. The van der Waals surface area contributed by atoms with Crippen LogP contribution in [0, 0.1) is 0 Å². The van der Waals surface area contributed by atoms with E-state index >= 15 is 0 Å². The van der Waals surface area contributed by atoms with Crippen molar-refractivity contribution in [3.05, 3.63) is 176 Å². The molecule has 5 nitrogen and oxygen atoms in total. The first-order valence-corrected chi connectivity index (χ1v) is 17.5.